The zero-order chi connectivity index (χ0) is 19.6. The Labute approximate surface area is 161 Å². The molecule has 1 aliphatic heterocycles. The second-order valence-electron chi connectivity index (χ2n) is 7.40. The van der Waals surface area contributed by atoms with Crippen LogP contribution in [-0.2, 0) is 22.4 Å². The second-order valence-corrected chi connectivity index (χ2v) is 7.40. The van der Waals surface area contributed by atoms with Crippen LogP contribution in [0, 0.1) is 19.8 Å². The Morgan fingerprint density at radius 3 is 2.22 bits per heavy atom. The van der Waals surface area contributed by atoms with Crippen LogP contribution in [0.25, 0.3) is 0 Å². The summed E-state index contributed by atoms with van der Waals surface area (Å²) in [5, 5.41) is 3.12. The lowest BCUT2D eigenvalue weighted by atomic mass is 10.0. The van der Waals surface area contributed by atoms with Gasteiger partial charge in [-0.1, -0.05) is 38.1 Å². The minimum absolute atomic E-state index is 0.0136. The average Bonchev–Trinajstić information content (AvgIpc) is 3.03. The zero-order valence-electron chi connectivity index (χ0n) is 16.6. The van der Waals surface area contributed by atoms with E-state index < -0.39 is 0 Å². The number of nitrogens with one attached hydrogen (secondary N) is 1. The molecular formula is C23H28N2O2. The number of anilines is 2. The molecule has 1 atom stereocenters. The molecule has 4 nitrogen and oxygen atoms in total. The van der Waals surface area contributed by atoms with E-state index in [9.17, 15) is 9.59 Å². The van der Waals surface area contributed by atoms with Crippen LogP contribution in [0.4, 0.5) is 11.4 Å². The van der Waals surface area contributed by atoms with Crippen molar-refractivity contribution in [2.45, 2.75) is 47.0 Å². The van der Waals surface area contributed by atoms with E-state index in [0.717, 1.165) is 46.5 Å². The van der Waals surface area contributed by atoms with Crippen molar-refractivity contribution >= 4 is 23.2 Å². The molecule has 2 aromatic rings. The van der Waals surface area contributed by atoms with Crippen molar-refractivity contribution in [1.29, 1.82) is 0 Å². The minimum Gasteiger partial charge on any atom is -0.325 e. The van der Waals surface area contributed by atoms with Crippen LogP contribution in [0.3, 0.4) is 0 Å². The lowest BCUT2D eigenvalue weighted by Gasteiger charge is -2.19. The molecule has 1 saturated heterocycles. The SMILES string of the molecule is CCc1cccc(CC)c1NC(=O)C1CC(=O)N(c2cc(C)cc(C)c2)C1. The molecular weight excluding hydrogens is 336 g/mol. The number of para-hydroxylation sites is 1. The molecule has 0 aromatic heterocycles. The molecule has 0 aliphatic carbocycles. The maximum atomic E-state index is 12.9. The van der Waals surface area contributed by atoms with E-state index in [2.05, 4.69) is 37.4 Å². The number of carbonyl (C=O) groups excluding carboxylic acids is 2. The summed E-state index contributed by atoms with van der Waals surface area (Å²) in [6, 6.07) is 12.2. The number of carbonyl (C=O) groups is 2. The van der Waals surface area contributed by atoms with Gasteiger partial charge < -0.3 is 10.2 Å². The zero-order valence-corrected chi connectivity index (χ0v) is 16.6. The highest BCUT2D eigenvalue weighted by atomic mass is 16.2. The van der Waals surface area contributed by atoms with Crippen molar-refractivity contribution in [3.63, 3.8) is 0 Å². The molecule has 0 spiro atoms. The standard InChI is InChI=1S/C23H28N2O2/c1-5-17-8-7-9-18(6-2)22(17)24-23(27)19-13-21(26)25(14-19)20-11-15(3)10-16(4)12-20/h7-12,19H,5-6,13-14H2,1-4H3,(H,24,27). The Bertz CT molecular complexity index is 830. The van der Waals surface area contributed by atoms with Gasteiger partial charge in [-0.3, -0.25) is 9.59 Å². The molecule has 0 saturated carbocycles. The first-order valence-electron chi connectivity index (χ1n) is 9.73. The summed E-state index contributed by atoms with van der Waals surface area (Å²) in [6.07, 6.45) is 1.98. The van der Waals surface area contributed by atoms with Gasteiger partial charge in [0.2, 0.25) is 11.8 Å². The van der Waals surface area contributed by atoms with Crippen molar-refractivity contribution in [1.82, 2.24) is 0 Å². The van der Waals surface area contributed by atoms with Crippen molar-refractivity contribution in [3.05, 3.63) is 58.7 Å². The smallest absolute Gasteiger partial charge is 0.229 e. The maximum Gasteiger partial charge on any atom is 0.229 e. The Hall–Kier alpha value is -2.62. The molecule has 1 heterocycles. The highest BCUT2D eigenvalue weighted by Crippen LogP contribution is 2.29. The second kappa shape index (κ2) is 7.95. The molecule has 1 fully saturated rings. The first kappa shape index (κ1) is 19.2. The number of rotatable bonds is 5. The number of benzene rings is 2. The van der Waals surface area contributed by atoms with Crippen LogP contribution in [0.15, 0.2) is 36.4 Å². The predicted octanol–water partition coefficient (Wildman–Crippen LogP) is 4.42. The van der Waals surface area contributed by atoms with Gasteiger partial charge in [-0.15, -0.1) is 0 Å². The van der Waals surface area contributed by atoms with Gasteiger partial charge in [0.1, 0.15) is 0 Å². The van der Waals surface area contributed by atoms with E-state index in [0.29, 0.717) is 6.54 Å². The van der Waals surface area contributed by atoms with Crippen LogP contribution in [0.5, 0.6) is 0 Å². The molecule has 2 aromatic carbocycles. The number of hydrogen-bond donors (Lipinski definition) is 1. The van der Waals surface area contributed by atoms with Crippen molar-refractivity contribution < 1.29 is 9.59 Å². The average molecular weight is 364 g/mol. The number of hydrogen-bond acceptors (Lipinski definition) is 2. The van der Waals surface area contributed by atoms with Gasteiger partial charge in [-0.2, -0.15) is 0 Å². The first-order valence-corrected chi connectivity index (χ1v) is 9.73. The lowest BCUT2D eigenvalue weighted by molar-refractivity contribution is -0.122. The lowest BCUT2D eigenvalue weighted by Crippen LogP contribution is -2.28. The summed E-state index contributed by atoms with van der Waals surface area (Å²) in [7, 11) is 0. The van der Waals surface area contributed by atoms with Gasteiger partial charge in [-0.05, 0) is 61.1 Å². The summed E-state index contributed by atoms with van der Waals surface area (Å²) in [5.74, 6) is -0.376. The summed E-state index contributed by atoms with van der Waals surface area (Å²) in [4.78, 5) is 27.2. The monoisotopic (exact) mass is 364 g/mol. The Morgan fingerprint density at radius 1 is 1.07 bits per heavy atom. The predicted molar refractivity (Wildman–Crippen MR) is 110 cm³/mol. The van der Waals surface area contributed by atoms with Gasteiger partial charge in [0.05, 0.1) is 5.92 Å². The molecule has 2 amide bonds. The summed E-state index contributed by atoms with van der Waals surface area (Å²) in [5.41, 5.74) is 6.32. The van der Waals surface area contributed by atoms with E-state index in [1.54, 1.807) is 4.90 Å². The summed E-state index contributed by atoms with van der Waals surface area (Å²) < 4.78 is 0. The van der Waals surface area contributed by atoms with Gasteiger partial charge in [0.25, 0.3) is 0 Å². The van der Waals surface area contributed by atoms with Crippen LogP contribution in [0.2, 0.25) is 0 Å². The topological polar surface area (TPSA) is 49.4 Å². The van der Waals surface area contributed by atoms with Crippen molar-refractivity contribution in [2.24, 2.45) is 5.92 Å². The van der Waals surface area contributed by atoms with E-state index in [1.807, 2.05) is 32.0 Å². The largest absolute Gasteiger partial charge is 0.325 e. The van der Waals surface area contributed by atoms with Crippen molar-refractivity contribution in [2.75, 3.05) is 16.8 Å². The normalized spacial score (nSPS) is 16.7. The van der Waals surface area contributed by atoms with Crippen LogP contribution in [0.1, 0.15) is 42.5 Å². The van der Waals surface area contributed by atoms with Gasteiger partial charge in [0.15, 0.2) is 0 Å². The van der Waals surface area contributed by atoms with Crippen LogP contribution < -0.4 is 10.2 Å². The van der Waals surface area contributed by atoms with Crippen LogP contribution >= 0.6 is 0 Å². The Kier molecular flexibility index (Phi) is 5.64. The molecule has 142 valence electrons. The summed E-state index contributed by atoms with van der Waals surface area (Å²) in [6.45, 7) is 8.66. The third-order valence-corrected chi connectivity index (χ3v) is 5.26. The van der Waals surface area contributed by atoms with Gasteiger partial charge in [-0.25, -0.2) is 0 Å². The fourth-order valence-electron chi connectivity index (χ4n) is 3.87. The molecule has 0 bridgehead atoms. The molecule has 1 unspecified atom stereocenters. The number of amides is 2. The fourth-order valence-corrected chi connectivity index (χ4v) is 3.87. The van der Waals surface area contributed by atoms with Gasteiger partial charge >= 0.3 is 0 Å². The minimum atomic E-state index is -0.326. The van der Waals surface area contributed by atoms with E-state index in [1.165, 1.54) is 0 Å². The molecule has 1 N–H and O–H groups in total. The summed E-state index contributed by atoms with van der Waals surface area (Å²) >= 11 is 0. The van der Waals surface area contributed by atoms with Crippen LogP contribution in [-0.4, -0.2) is 18.4 Å². The Balaban J connectivity index is 1.79. The number of aryl methyl sites for hydroxylation is 4. The Morgan fingerprint density at radius 2 is 1.67 bits per heavy atom. The fraction of sp³-hybridized carbons (Fsp3) is 0.391. The van der Waals surface area contributed by atoms with Crippen molar-refractivity contribution in [3.8, 4) is 0 Å². The number of nitrogens with zero attached hydrogens (tertiary/aromatic N) is 1. The highest BCUT2D eigenvalue weighted by Gasteiger charge is 2.35. The molecule has 4 heteroatoms. The van der Waals surface area contributed by atoms with E-state index in [4.69, 9.17) is 0 Å². The third-order valence-electron chi connectivity index (χ3n) is 5.26. The van der Waals surface area contributed by atoms with E-state index >= 15 is 0 Å². The first-order chi connectivity index (χ1) is 12.9. The highest BCUT2D eigenvalue weighted by molar-refractivity contribution is 6.04. The molecule has 0 radical (unpaired) electrons. The molecule has 1 aliphatic rings. The maximum absolute atomic E-state index is 12.9. The third kappa shape index (κ3) is 4.05. The molecule has 3 rings (SSSR count). The quantitative estimate of drug-likeness (QED) is 0.854. The molecule has 27 heavy (non-hydrogen) atoms. The van der Waals surface area contributed by atoms with E-state index in [-0.39, 0.29) is 24.2 Å². The van der Waals surface area contributed by atoms with Gasteiger partial charge in [0, 0.05) is 24.3 Å².